The average Bonchev–Trinajstić information content (AvgIpc) is 2.93. The van der Waals surface area contributed by atoms with Gasteiger partial charge < -0.3 is 14.7 Å². The molecule has 1 spiro atoms. The zero-order valence-electron chi connectivity index (χ0n) is 15.1. The molecule has 3 rings (SSSR count). The van der Waals surface area contributed by atoms with E-state index in [0.29, 0.717) is 44.3 Å². The van der Waals surface area contributed by atoms with Crippen LogP contribution in [0, 0.1) is 17.3 Å². The monoisotopic (exact) mass is 381 g/mol. The smallest absolute Gasteiger partial charge is 0.422 e. The minimum Gasteiger partial charge on any atom is -0.484 e. The van der Waals surface area contributed by atoms with Crippen molar-refractivity contribution in [3.05, 3.63) is 24.3 Å². The lowest BCUT2D eigenvalue weighted by Crippen LogP contribution is -2.42. The SMILES string of the molecule is CC#C[C@]1(O)CC[C@]2(CCN(c3ccc(OCC(F)(F)F)cc3)C2=O)CC1. The number of rotatable bonds is 3. The Morgan fingerprint density at radius 1 is 1.15 bits per heavy atom. The number of anilines is 1. The van der Waals surface area contributed by atoms with Crippen molar-refractivity contribution >= 4 is 11.6 Å². The lowest BCUT2D eigenvalue weighted by Gasteiger charge is -2.38. The maximum Gasteiger partial charge on any atom is 0.422 e. The number of carbonyl (C=O) groups is 1. The quantitative estimate of drug-likeness (QED) is 0.813. The third kappa shape index (κ3) is 4.22. The van der Waals surface area contributed by atoms with Crippen molar-refractivity contribution in [2.24, 2.45) is 5.41 Å². The van der Waals surface area contributed by atoms with Gasteiger partial charge in [-0.1, -0.05) is 5.92 Å². The van der Waals surface area contributed by atoms with E-state index in [-0.39, 0.29) is 11.7 Å². The average molecular weight is 381 g/mol. The summed E-state index contributed by atoms with van der Waals surface area (Å²) >= 11 is 0. The molecule has 1 aromatic carbocycles. The second-order valence-corrected chi connectivity index (χ2v) is 7.29. The van der Waals surface area contributed by atoms with Crippen molar-refractivity contribution in [3.8, 4) is 17.6 Å². The molecule has 0 unspecified atom stereocenters. The third-order valence-corrected chi connectivity index (χ3v) is 5.46. The molecule has 2 aliphatic rings. The predicted molar refractivity (Wildman–Crippen MR) is 94.3 cm³/mol. The zero-order chi connectivity index (χ0) is 19.7. The third-order valence-electron chi connectivity index (χ3n) is 5.46. The number of amides is 1. The summed E-state index contributed by atoms with van der Waals surface area (Å²) in [6, 6.07) is 6.08. The van der Waals surface area contributed by atoms with Crippen LogP contribution in [0.25, 0.3) is 0 Å². The Morgan fingerprint density at radius 3 is 2.33 bits per heavy atom. The van der Waals surface area contributed by atoms with Gasteiger partial charge in [0, 0.05) is 12.2 Å². The highest BCUT2D eigenvalue weighted by molar-refractivity contribution is 6.00. The summed E-state index contributed by atoms with van der Waals surface area (Å²) in [4.78, 5) is 14.7. The normalized spacial score (nSPS) is 28.2. The van der Waals surface area contributed by atoms with Crippen LogP contribution in [0.2, 0.25) is 0 Å². The molecule has 1 aliphatic heterocycles. The molecule has 1 saturated heterocycles. The van der Waals surface area contributed by atoms with Gasteiger partial charge in [0.25, 0.3) is 0 Å². The highest BCUT2D eigenvalue weighted by Gasteiger charge is 2.51. The maximum atomic E-state index is 13.0. The fourth-order valence-electron chi connectivity index (χ4n) is 3.92. The highest BCUT2D eigenvalue weighted by atomic mass is 19.4. The minimum absolute atomic E-state index is 0.0120. The van der Waals surface area contributed by atoms with Crippen LogP contribution in [-0.4, -0.2) is 35.9 Å². The van der Waals surface area contributed by atoms with E-state index in [1.165, 1.54) is 12.1 Å². The van der Waals surface area contributed by atoms with Gasteiger partial charge in [0.05, 0.1) is 5.41 Å². The Morgan fingerprint density at radius 2 is 1.78 bits per heavy atom. The topological polar surface area (TPSA) is 49.8 Å². The van der Waals surface area contributed by atoms with E-state index in [0.717, 1.165) is 0 Å². The Bertz CT molecular complexity index is 753. The summed E-state index contributed by atoms with van der Waals surface area (Å²) in [5.41, 5.74) is -0.844. The van der Waals surface area contributed by atoms with Crippen LogP contribution in [0.3, 0.4) is 0 Å². The largest absolute Gasteiger partial charge is 0.484 e. The second kappa shape index (κ2) is 7.08. The molecule has 0 aromatic heterocycles. The van der Waals surface area contributed by atoms with E-state index >= 15 is 0 Å². The molecule has 1 aromatic rings. The summed E-state index contributed by atoms with van der Waals surface area (Å²) < 4.78 is 41.4. The first-order valence-corrected chi connectivity index (χ1v) is 8.94. The summed E-state index contributed by atoms with van der Waals surface area (Å²) in [7, 11) is 0. The molecule has 1 N–H and O–H groups in total. The number of aliphatic hydroxyl groups is 1. The van der Waals surface area contributed by atoms with Gasteiger partial charge in [0.2, 0.25) is 5.91 Å². The molecule has 146 valence electrons. The van der Waals surface area contributed by atoms with E-state index in [1.807, 2.05) is 0 Å². The molecule has 1 amide bonds. The van der Waals surface area contributed by atoms with Crippen LogP contribution in [0.1, 0.15) is 39.0 Å². The molecular formula is C20H22F3NO3. The number of halogens is 3. The number of carbonyl (C=O) groups excluding carboxylic acids is 1. The fourth-order valence-corrected chi connectivity index (χ4v) is 3.92. The van der Waals surface area contributed by atoms with Crippen molar-refractivity contribution in [1.29, 1.82) is 0 Å². The lowest BCUT2D eigenvalue weighted by molar-refractivity contribution is -0.153. The van der Waals surface area contributed by atoms with Gasteiger partial charge >= 0.3 is 6.18 Å². The van der Waals surface area contributed by atoms with Crippen molar-refractivity contribution in [2.45, 2.75) is 50.8 Å². The molecule has 1 aliphatic carbocycles. The Balaban J connectivity index is 1.66. The maximum absolute atomic E-state index is 13.0. The number of alkyl halides is 3. The molecule has 0 radical (unpaired) electrons. The first-order chi connectivity index (χ1) is 12.7. The van der Waals surface area contributed by atoms with Crippen LogP contribution < -0.4 is 9.64 Å². The minimum atomic E-state index is -4.39. The molecule has 1 heterocycles. The molecule has 27 heavy (non-hydrogen) atoms. The van der Waals surface area contributed by atoms with Crippen molar-refractivity contribution < 1.29 is 27.8 Å². The van der Waals surface area contributed by atoms with Gasteiger partial charge in [-0.15, -0.1) is 5.92 Å². The Labute approximate surface area is 156 Å². The van der Waals surface area contributed by atoms with Crippen LogP contribution in [0.4, 0.5) is 18.9 Å². The van der Waals surface area contributed by atoms with E-state index in [1.54, 1.807) is 24.0 Å². The van der Waals surface area contributed by atoms with Gasteiger partial charge in [0.1, 0.15) is 11.4 Å². The number of hydrogen-bond donors (Lipinski definition) is 1. The number of ether oxygens (including phenoxy) is 1. The molecule has 7 heteroatoms. The van der Waals surface area contributed by atoms with Gasteiger partial charge in [-0.05, 0) is 63.3 Å². The summed E-state index contributed by atoms with van der Waals surface area (Å²) in [6.07, 6.45) is -1.58. The molecule has 0 atom stereocenters. The predicted octanol–water partition coefficient (Wildman–Crippen LogP) is 3.68. The summed E-state index contributed by atoms with van der Waals surface area (Å²) in [5.74, 6) is 5.71. The summed E-state index contributed by atoms with van der Waals surface area (Å²) in [5, 5.41) is 10.4. The standard InChI is InChI=1S/C20H22F3NO3/c1-2-7-19(26)10-8-18(9-11-19)12-13-24(17(18)25)15-3-5-16(6-4-15)27-14-20(21,22)23/h3-6,26H,8-14H2,1H3/t18-,19+. The van der Waals surface area contributed by atoms with Gasteiger partial charge in [-0.3, -0.25) is 4.79 Å². The van der Waals surface area contributed by atoms with E-state index in [9.17, 15) is 23.1 Å². The van der Waals surface area contributed by atoms with Gasteiger partial charge in [-0.2, -0.15) is 13.2 Å². The van der Waals surface area contributed by atoms with E-state index in [2.05, 4.69) is 11.8 Å². The van der Waals surface area contributed by atoms with Crippen LogP contribution in [-0.2, 0) is 4.79 Å². The Kier molecular flexibility index (Phi) is 5.13. The van der Waals surface area contributed by atoms with Crippen molar-refractivity contribution in [1.82, 2.24) is 0 Å². The van der Waals surface area contributed by atoms with Crippen LogP contribution in [0.15, 0.2) is 24.3 Å². The van der Waals surface area contributed by atoms with Crippen LogP contribution in [0.5, 0.6) is 5.75 Å². The summed E-state index contributed by atoms with van der Waals surface area (Å²) in [6.45, 7) is 0.897. The molecule has 1 saturated carbocycles. The van der Waals surface area contributed by atoms with Crippen molar-refractivity contribution in [2.75, 3.05) is 18.1 Å². The van der Waals surface area contributed by atoms with E-state index < -0.39 is 23.8 Å². The number of benzene rings is 1. The first-order valence-electron chi connectivity index (χ1n) is 8.94. The van der Waals surface area contributed by atoms with Gasteiger partial charge in [-0.25, -0.2) is 0 Å². The molecular weight excluding hydrogens is 359 g/mol. The Hall–Kier alpha value is -2.20. The first kappa shape index (κ1) is 19.6. The zero-order valence-corrected chi connectivity index (χ0v) is 15.1. The molecule has 0 bridgehead atoms. The number of nitrogens with zero attached hydrogens (tertiary/aromatic N) is 1. The second-order valence-electron chi connectivity index (χ2n) is 7.29. The fraction of sp³-hybridized carbons (Fsp3) is 0.550. The lowest BCUT2D eigenvalue weighted by atomic mass is 9.68. The van der Waals surface area contributed by atoms with Crippen molar-refractivity contribution in [3.63, 3.8) is 0 Å². The molecule has 2 fully saturated rings. The van der Waals surface area contributed by atoms with Gasteiger partial charge in [0.15, 0.2) is 6.61 Å². The number of hydrogen-bond acceptors (Lipinski definition) is 3. The van der Waals surface area contributed by atoms with E-state index in [4.69, 9.17) is 4.74 Å². The highest BCUT2D eigenvalue weighted by Crippen LogP contribution is 2.48. The molecule has 4 nitrogen and oxygen atoms in total. The van der Waals surface area contributed by atoms with Crippen LogP contribution >= 0.6 is 0 Å².